The smallest absolute Gasteiger partial charge is 0.290 e. The molecule has 0 saturated carbocycles. The minimum absolute atomic E-state index is 0.0418. The van der Waals surface area contributed by atoms with E-state index in [2.05, 4.69) is 10.3 Å². The molecular formula is C11H17N3O3. The minimum Gasteiger partial charge on any atom is -0.385 e. The third-order valence-corrected chi connectivity index (χ3v) is 2.43. The first-order valence-electron chi connectivity index (χ1n) is 5.41. The van der Waals surface area contributed by atoms with E-state index in [0.717, 1.165) is 6.42 Å². The molecule has 0 aliphatic heterocycles. The predicted molar refractivity (Wildman–Crippen MR) is 65.2 cm³/mol. The summed E-state index contributed by atoms with van der Waals surface area (Å²) in [5.41, 5.74) is 0.645. The van der Waals surface area contributed by atoms with Crippen molar-refractivity contribution in [2.45, 2.75) is 26.3 Å². The summed E-state index contributed by atoms with van der Waals surface area (Å²) in [4.78, 5) is 14.2. The average Bonchev–Trinajstić information content (AvgIpc) is 2.26. The molecule has 0 spiro atoms. The lowest BCUT2D eigenvalue weighted by Crippen LogP contribution is -2.18. The van der Waals surface area contributed by atoms with Crippen molar-refractivity contribution < 1.29 is 9.66 Å². The van der Waals surface area contributed by atoms with E-state index in [-0.39, 0.29) is 11.7 Å². The van der Waals surface area contributed by atoms with E-state index >= 15 is 0 Å². The van der Waals surface area contributed by atoms with Crippen LogP contribution in [0.5, 0.6) is 0 Å². The highest BCUT2D eigenvalue weighted by atomic mass is 16.6. The van der Waals surface area contributed by atoms with Gasteiger partial charge in [0.2, 0.25) is 0 Å². The number of pyridine rings is 1. The molecule has 1 rings (SSSR count). The quantitative estimate of drug-likeness (QED) is 0.607. The highest BCUT2D eigenvalue weighted by Gasteiger charge is 2.12. The molecule has 1 N–H and O–H groups in total. The molecule has 6 heteroatoms. The molecule has 0 aliphatic carbocycles. The van der Waals surface area contributed by atoms with Gasteiger partial charge in [-0.3, -0.25) is 10.1 Å². The summed E-state index contributed by atoms with van der Waals surface area (Å²) in [7, 11) is 1.65. The number of ether oxygens (including phenoxy) is 1. The van der Waals surface area contributed by atoms with Crippen molar-refractivity contribution in [3.63, 3.8) is 0 Å². The third-order valence-electron chi connectivity index (χ3n) is 2.43. The van der Waals surface area contributed by atoms with Gasteiger partial charge in [-0.25, -0.2) is 4.98 Å². The fourth-order valence-corrected chi connectivity index (χ4v) is 1.44. The van der Waals surface area contributed by atoms with Crippen LogP contribution in [0.15, 0.2) is 12.3 Å². The van der Waals surface area contributed by atoms with Crippen LogP contribution in [0.4, 0.5) is 11.5 Å². The second kappa shape index (κ2) is 6.15. The maximum absolute atomic E-state index is 10.6. The molecule has 1 unspecified atom stereocenters. The molecule has 1 atom stereocenters. The Kier molecular flexibility index (Phi) is 4.84. The summed E-state index contributed by atoms with van der Waals surface area (Å²) in [6, 6.07) is 1.89. The Morgan fingerprint density at radius 3 is 2.88 bits per heavy atom. The number of rotatable bonds is 6. The van der Waals surface area contributed by atoms with Gasteiger partial charge in [-0.05, 0) is 26.3 Å². The number of methoxy groups -OCH3 is 1. The Bertz CT molecular complexity index is 396. The van der Waals surface area contributed by atoms with Crippen molar-refractivity contribution in [3.8, 4) is 0 Å². The Morgan fingerprint density at radius 2 is 2.35 bits per heavy atom. The Labute approximate surface area is 100 Å². The van der Waals surface area contributed by atoms with Gasteiger partial charge in [0, 0.05) is 25.3 Å². The molecule has 0 radical (unpaired) electrons. The van der Waals surface area contributed by atoms with Gasteiger partial charge in [-0.2, -0.15) is 0 Å². The van der Waals surface area contributed by atoms with Crippen LogP contribution >= 0.6 is 0 Å². The van der Waals surface area contributed by atoms with Gasteiger partial charge in [0.25, 0.3) is 5.69 Å². The van der Waals surface area contributed by atoms with Crippen molar-refractivity contribution in [1.29, 1.82) is 0 Å². The van der Waals surface area contributed by atoms with Crippen LogP contribution in [-0.4, -0.2) is 29.7 Å². The summed E-state index contributed by atoms with van der Waals surface area (Å²) >= 11 is 0. The third kappa shape index (κ3) is 3.99. The van der Waals surface area contributed by atoms with Gasteiger partial charge in [-0.15, -0.1) is 0 Å². The van der Waals surface area contributed by atoms with Crippen LogP contribution < -0.4 is 5.32 Å². The monoisotopic (exact) mass is 239 g/mol. The van der Waals surface area contributed by atoms with E-state index in [4.69, 9.17) is 4.74 Å². The van der Waals surface area contributed by atoms with E-state index in [0.29, 0.717) is 18.0 Å². The van der Waals surface area contributed by atoms with Crippen LogP contribution in [0, 0.1) is 17.0 Å². The Hall–Kier alpha value is -1.69. The highest BCUT2D eigenvalue weighted by molar-refractivity contribution is 5.47. The fraction of sp³-hybridized carbons (Fsp3) is 0.545. The fourth-order valence-electron chi connectivity index (χ4n) is 1.44. The number of aryl methyl sites for hydroxylation is 1. The van der Waals surface area contributed by atoms with Crippen molar-refractivity contribution >= 4 is 11.5 Å². The molecule has 6 nitrogen and oxygen atoms in total. The summed E-state index contributed by atoms with van der Waals surface area (Å²) in [6.45, 7) is 4.38. The predicted octanol–water partition coefficient (Wildman–Crippen LogP) is 2.14. The van der Waals surface area contributed by atoms with E-state index < -0.39 is 4.92 Å². The number of nitrogens with one attached hydrogen (secondary N) is 1. The van der Waals surface area contributed by atoms with E-state index in [9.17, 15) is 10.1 Å². The molecule has 0 fully saturated rings. The topological polar surface area (TPSA) is 77.3 Å². The zero-order chi connectivity index (χ0) is 12.8. The molecule has 1 aromatic rings. The van der Waals surface area contributed by atoms with Crippen LogP contribution in [0.3, 0.4) is 0 Å². The van der Waals surface area contributed by atoms with Gasteiger partial charge in [-0.1, -0.05) is 0 Å². The summed E-state index contributed by atoms with van der Waals surface area (Å²) in [5.74, 6) is 0.650. The molecule has 0 amide bonds. The van der Waals surface area contributed by atoms with Crippen molar-refractivity contribution in [1.82, 2.24) is 4.98 Å². The number of hydrogen-bond acceptors (Lipinski definition) is 5. The molecule has 0 bridgehead atoms. The molecular weight excluding hydrogens is 222 g/mol. The van der Waals surface area contributed by atoms with Crippen LogP contribution in [-0.2, 0) is 4.74 Å². The van der Waals surface area contributed by atoms with Crippen molar-refractivity contribution in [2.75, 3.05) is 19.0 Å². The lowest BCUT2D eigenvalue weighted by molar-refractivity contribution is -0.385. The Morgan fingerprint density at radius 1 is 1.65 bits per heavy atom. The maximum atomic E-state index is 10.6. The minimum atomic E-state index is -0.430. The SMILES string of the molecule is COCCC(C)Nc1cc(C)c([N+](=O)[O-])cn1. The number of aromatic nitrogens is 1. The average molecular weight is 239 g/mol. The number of nitrogens with zero attached hydrogens (tertiary/aromatic N) is 2. The van der Waals surface area contributed by atoms with Crippen molar-refractivity contribution in [2.24, 2.45) is 0 Å². The highest BCUT2D eigenvalue weighted by Crippen LogP contribution is 2.19. The van der Waals surface area contributed by atoms with Gasteiger partial charge >= 0.3 is 0 Å². The second-order valence-electron chi connectivity index (χ2n) is 3.94. The largest absolute Gasteiger partial charge is 0.385 e. The van der Waals surface area contributed by atoms with E-state index in [1.54, 1.807) is 20.1 Å². The standard InChI is InChI=1S/C11H17N3O3/c1-8-6-11(12-7-10(8)14(15)16)13-9(2)4-5-17-3/h6-7,9H,4-5H2,1-3H3,(H,12,13). The van der Waals surface area contributed by atoms with Gasteiger partial charge < -0.3 is 10.1 Å². The normalized spacial score (nSPS) is 12.2. The van der Waals surface area contributed by atoms with Crippen LogP contribution in [0.1, 0.15) is 18.9 Å². The Balaban J connectivity index is 2.67. The van der Waals surface area contributed by atoms with Gasteiger partial charge in [0.1, 0.15) is 12.0 Å². The lowest BCUT2D eigenvalue weighted by Gasteiger charge is -2.14. The molecule has 17 heavy (non-hydrogen) atoms. The molecule has 1 heterocycles. The second-order valence-corrected chi connectivity index (χ2v) is 3.94. The van der Waals surface area contributed by atoms with Gasteiger partial charge in [0.05, 0.1) is 4.92 Å². The maximum Gasteiger partial charge on any atom is 0.290 e. The number of nitro groups is 1. The van der Waals surface area contributed by atoms with E-state index in [1.165, 1.54) is 6.20 Å². The summed E-state index contributed by atoms with van der Waals surface area (Å²) in [6.07, 6.45) is 2.13. The molecule has 0 saturated heterocycles. The summed E-state index contributed by atoms with van der Waals surface area (Å²) < 4.78 is 4.97. The van der Waals surface area contributed by atoms with Crippen LogP contribution in [0.25, 0.3) is 0 Å². The van der Waals surface area contributed by atoms with Crippen molar-refractivity contribution in [3.05, 3.63) is 27.9 Å². The molecule has 0 aromatic carbocycles. The zero-order valence-corrected chi connectivity index (χ0v) is 10.3. The number of anilines is 1. The lowest BCUT2D eigenvalue weighted by atomic mass is 10.2. The molecule has 94 valence electrons. The number of hydrogen-bond donors (Lipinski definition) is 1. The van der Waals surface area contributed by atoms with Gasteiger partial charge in [0.15, 0.2) is 0 Å². The first-order valence-corrected chi connectivity index (χ1v) is 5.41. The van der Waals surface area contributed by atoms with Crippen LogP contribution in [0.2, 0.25) is 0 Å². The molecule has 1 aromatic heterocycles. The first-order chi connectivity index (χ1) is 8.04. The summed E-state index contributed by atoms with van der Waals surface area (Å²) in [5, 5.41) is 13.8. The molecule has 0 aliphatic rings. The zero-order valence-electron chi connectivity index (χ0n) is 10.3. The van der Waals surface area contributed by atoms with E-state index in [1.807, 2.05) is 6.92 Å². The first kappa shape index (κ1) is 13.4.